The first-order valence-corrected chi connectivity index (χ1v) is 6.75. The maximum absolute atomic E-state index is 9.31. The van der Waals surface area contributed by atoms with Crippen LogP contribution < -0.4 is 10.6 Å². The van der Waals surface area contributed by atoms with E-state index in [0.29, 0.717) is 6.54 Å². The molecule has 1 aromatic rings. The zero-order valence-electron chi connectivity index (χ0n) is 12.2. The average molecular weight is 260 g/mol. The number of likely N-dealkylation sites (N-methyl/N-ethyl adjacent to an activating group) is 1. The van der Waals surface area contributed by atoms with E-state index < -0.39 is 0 Å². The van der Waals surface area contributed by atoms with Crippen LogP contribution in [0.15, 0.2) is 18.2 Å². The molecule has 104 valence electrons. The van der Waals surface area contributed by atoms with E-state index in [4.69, 9.17) is 5.73 Å². The second-order valence-electron chi connectivity index (χ2n) is 4.96. The van der Waals surface area contributed by atoms with E-state index in [1.165, 1.54) is 0 Å². The van der Waals surface area contributed by atoms with Gasteiger partial charge in [-0.05, 0) is 38.2 Å². The molecule has 0 spiro atoms. The molecule has 2 N–H and O–H groups in total. The van der Waals surface area contributed by atoms with Crippen LogP contribution in [0.3, 0.4) is 0 Å². The van der Waals surface area contributed by atoms with E-state index in [0.717, 1.165) is 42.9 Å². The SMILES string of the molecule is CCCN(CCN(C)C)c1ccc(CN)cc1C#N. The molecular formula is C15H24N4. The fourth-order valence-electron chi connectivity index (χ4n) is 2.02. The Morgan fingerprint density at radius 2 is 1.95 bits per heavy atom. The van der Waals surface area contributed by atoms with E-state index in [-0.39, 0.29) is 0 Å². The van der Waals surface area contributed by atoms with Crippen molar-refractivity contribution in [1.29, 1.82) is 5.26 Å². The second-order valence-corrected chi connectivity index (χ2v) is 4.96. The Hall–Kier alpha value is -1.57. The number of hydrogen-bond acceptors (Lipinski definition) is 4. The average Bonchev–Trinajstić information content (AvgIpc) is 2.42. The first kappa shape index (κ1) is 15.5. The molecule has 0 atom stereocenters. The predicted molar refractivity (Wildman–Crippen MR) is 80.1 cm³/mol. The molecule has 0 saturated heterocycles. The molecule has 0 bridgehead atoms. The van der Waals surface area contributed by atoms with Crippen LogP contribution in [-0.2, 0) is 6.54 Å². The number of anilines is 1. The molecular weight excluding hydrogens is 236 g/mol. The van der Waals surface area contributed by atoms with Crippen molar-refractivity contribution in [2.75, 3.05) is 38.6 Å². The Kier molecular flexibility index (Phi) is 6.34. The van der Waals surface area contributed by atoms with Crippen molar-refractivity contribution in [3.8, 4) is 6.07 Å². The minimum absolute atomic E-state index is 0.473. The highest BCUT2D eigenvalue weighted by atomic mass is 15.2. The van der Waals surface area contributed by atoms with Crippen molar-refractivity contribution in [2.45, 2.75) is 19.9 Å². The fourth-order valence-corrected chi connectivity index (χ4v) is 2.02. The number of benzene rings is 1. The van der Waals surface area contributed by atoms with Gasteiger partial charge >= 0.3 is 0 Å². The molecule has 0 unspecified atom stereocenters. The van der Waals surface area contributed by atoms with Gasteiger partial charge in [0.15, 0.2) is 0 Å². The highest BCUT2D eigenvalue weighted by Gasteiger charge is 2.11. The van der Waals surface area contributed by atoms with Crippen molar-refractivity contribution < 1.29 is 0 Å². The van der Waals surface area contributed by atoms with E-state index in [1.54, 1.807) is 0 Å². The van der Waals surface area contributed by atoms with Crippen LogP contribution in [0.1, 0.15) is 24.5 Å². The summed E-state index contributed by atoms with van der Waals surface area (Å²) in [5.41, 5.74) is 8.37. The van der Waals surface area contributed by atoms with E-state index in [2.05, 4.69) is 36.9 Å². The maximum Gasteiger partial charge on any atom is 0.101 e. The maximum atomic E-state index is 9.31. The van der Waals surface area contributed by atoms with Gasteiger partial charge in [-0.2, -0.15) is 5.26 Å². The van der Waals surface area contributed by atoms with Gasteiger partial charge in [0.25, 0.3) is 0 Å². The number of hydrogen-bond donors (Lipinski definition) is 1. The highest BCUT2D eigenvalue weighted by Crippen LogP contribution is 2.21. The van der Waals surface area contributed by atoms with Gasteiger partial charge < -0.3 is 15.5 Å². The van der Waals surface area contributed by atoms with E-state index >= 15 is 0 Å². The molecule has 0 aromatic heterocycles. The molecule has 0 radical (unpaired) electrons. The van der Waals surface area contributed by atoms with Crippen LogP contribution in [0.4, 0.5) is 5.69 Å². The quantitative estimate of drug-likeness (QED) is 0.812. The third-order valence-electron chi connectivity index (χ3n) is 3.07. The summed E-state index contributed by atoms with van der Waals surface area (Å²) in [6, 6.07) is 8.21. The predicted octanol–water partition coefficient (Wildman–Crippen LogP) is 1.79. The molecule has 0 heterocycles. The van der Waals surface area contributed by atoms with Crippen LogP contribution in [-0.4, -0.2) is 38.6 Å². The zero-order valence-corrected chi connectivity index (χ0v) is 12.2. The Labute approximate surface area is 116 Å². The molecule has 4 heteroatoms. The van der Waals surface area contributed by atoms with Gasteiger partial charge in [0.2, 0.25) is 0 Å². The molecule has 0 fully saturated rings. The number of nitrogens with zero attached hydrogens (tertiary/aromatic N) is 3. The molecule has 19 heavy (non-hydrogen) atoms. The summed E-state index contributed by atoms with van der Waals surface area (Å²) < 4.78 is 0. The molecule has 4 nitrogen and oxygen atoms in total. The van der Waals surface area contributed by atoms with Crippen LogP contribution in [0.2, 0.25) is 0 Å². The summed E-state index contributed by atoms with van der Waals surface area (Å²) in [7, 11) is 4.12. The molecule has 0 amide bonds. The number of nitriles is 1. The Balaban J connectivity index is 2.97. The first-order chi connectivity index (χ1) is 9.12. The van der Waals surface area contributed by atoms with Crippen molar-refractivity contribution in [2.24, 2.45) is 5.73 Å². The lowest BCUT2D eigenvalue weighted by Crippen LogP contribution is -2.32. The topological polar surface area (TPSA) is 56.3 Å². The van der Waals surface area contributed by atoms with E-state index in [9.17, 15) is 5.26 Å². The number of nitrogens with two attached hydrogens (primary N) is 1. The summed E-state index contributed by atoms with van der Waals surface area (Å²) in [6.07, 6.45) is 1.07. The van der Waals surface area contributed by atoms with E-state index in [1.807, 2.05) is 18.2 Å². The van der Waals surface area contributed by atoms with Crippen LogP contribution >= 0.6 is 0 Å². The standard InChI is InChI=1S/C15H24N4/c1-4-7-19(9-8-18(2)3)15-6-5-13(11-16)10-14(15)12-17/h5-6,10H,4,7-9,11,16H2,1-3H3. The second kappa shape index (κ2) is 7.78. The summed E-state index contributed by atoms with van der Waals surface area (Å²) in [4.78, 5) is 4.43. The van der Waals surface area contributed by atoms with Crippen molar-refractivity contribution >= 4 is 5.69 Å². The van der Waals surface area contributed by atoms with Crippen molar-refractivity contribution in [3.05, 3.63) is 29.3 Å². The first-order valence-electron chi connectivity index (χ1n) is 6.75. The Morgan fingerprint density at radius 1 is 1.21 bits per heavy atom. The fraction of sp³-hybridized carbons (Fsp3) is 0.533. The Morgan fingerprint density at radius 3 is 2.47 bits per heavy atom. The van der Waals surface area contributed by atoms with Gasteiger partial charge in [-0.15, -0.1) is 0 Å². The van der Waals surface area contributed by atoms with Gasteiger partial charge in [0, 0.05) is 26.2 Å². The van der Waals surface area contributed by atoms with Gasteiger partial charge in [0.1, 0.15) is 6.07 Å². The highest BCUT2D eigenvalue weighted by molar-refractivity contribution is 5.60. The lowest BCUT2D eigenvalue weighted by molar-refractivity contribution is 0.413. The molecule has 0 aliphatic rings. The molecule has 0 aliphatic heterocycles. The van der Waals surface area contributed by atoms with Crippen molar-refractivity contribution in [1.82, 2.24) is 4.90 Å². The summed E-state index contributed by atoms with van der Waals surface area (Å²) >= 11 is 0. The lowest BCUT2D eigenvalue weighted by Gasteiger charge is -2.27. The lowest BCUT2D eigenvalue weighted by atomic mass is 10.1. The summed E-state index contributed by atoms with van der Waals surface area (Å²) in [6.45, 7) is 5.49. The Bertz CT molecular complexity index is 434. The van der Waals surface area contributed by atoms with Crippen molar-refractivity contribution in [3.63, 3.8) is 0 Å². The van der Waals surface area contributed by atoms with Gasteiger partial charge in [-0.25, -0.2) is 0 Å². The van der Waals surface area contributed by atoms with Gasteiger partial charge in [0.05, 0.1) is 11.3 Å². The van der Waals surface area contributed by atoms with Crippen LogP contribution in [0, 0.1) is 11.3 Å². The molecule has 0 aliphatic carbocycles. The molecule has 0 saturated carbocycles. The third kappa shape index (κ3) is 4.55. The normalized spacial score (nSPS) is 10.5. The minimum atomic E-state index is 0.473. The molecule has 1 aromatic carbocycles. The third-order valence-corrected chi connectivity index (χ3v) is 3.07. The zero-order chi connectivity index (χ0) is 14.3. The van der Waals surface area contributed by atoms with Crippen LogP contribution in [0.5, 0.6) is 0 Å². The molecule has 1 rings (SSSR count). The smallest absolute Gasteiger partial charge is 0.101 e. The summed E-state index contributed by atoms with van der Waals surface area (Å²) in [5.74, 6) is 0. The van der Waals surface area contributed by atoms with Crippen LogP contribution in [0.25, 0.3) is 0 Å². The monoisotopic (exact) mass is 260 g/mol. The largest absolute Gasteiger partial charge is 0.369 e. The van der Waals surface area contributed by atoms with Gasteiger partial charge in [-0.1, -0.05) is 13.0 Å². The number of rotatable bonds is 7. The summed E-state index contributed by atoms with van der Waals surface area (Å²) in [5, 5.41) is 9.31. The minimum Gasteiger partial charge on any atom is -0.369 e. The van der Waals surface area contributed by atoms with Gasteiger partial charge in [-0.3, -0.25) is 0 Å².